The Bertz CT molecular complexity index is 794. The monoisotopic (exact) mass is 337 g/mol. The van der Waals surface area contributed by atoms with Crippen LogP contribution in [0.25, 0.3) is 11.5 Å². The third-order valence-corrected chi connectivity index (χ3v) is 4.75. The van der Waals surface area contributed by atoms with E-state index >= 15 is 0 Å². The Kier molecular flexibility index (Phi) is 4.61. The summed E-state index contributed by atoms with van der Waals surface area (Å²) in [5.41, 5.74) is 3.26. The van der Waals surface area contributed by atoms with Crippen molar-refractivity contribution in [3.8, 4) is 11.5 Å². The summed E-state index contributed by atoms with van der Waals surface area (Å²) in [5.74, 6) is 1.31. The molecule has 6 heteroatoms. The molecule has 0 saturated carbocycles. The first kappa shape index (κ1) is 16.0. The van der Waals surface area contributed by atoms with Gasteiger partial charge in [0.25, 0.3) is 0 Å². The number of nitrogens with zero attached hydrogens (tertiary/aromatic N) is 5. The molecule has 3 aromatic rings. The molecule has 2 aromatic heterocycles. The van der Waals surface area contributed by atoms with Crippen LogP contribution in [0.3, 0.4) is 0 Å². The molecule has 0 radical (unpaired) electrons. The van der Waals surface area contributed by atoms with Crippen molar-refractivity contribution in [1.29, 1.82) is 0 Å². The Morgan fingerprint density at radius 2 is 2.12 bits per heavy atom. The van der Waals surface area contributed by atoms with Crippen molar-refractivity contribution in [1.82, 2.24) is 24.6 Å². The molecule has 0 N–H and O–H groups in total. The first-order valence-corrected chi connectivity index (χ1v) is 8.82. The largest absolute Gasteiger partial charge is 0.444 e. The molecule has 1 aliphatic rings. The molecule has 0 unspecified atom stereocenters. The highest BCUT2D eigenvalue weighted by Crippen LogP contribution is 2.22. The van der Waals surface area contributed by atoms with Crippen LogP contribution < -0.4 is 0 Å². The minimum absolute atomic E-state index is 0.610. The van der Waals surface area contributed by atoms with Gasteiger partial charge in [0, 0.05) is 25.2 Å². The van der Waals surface area contributed by atoms with E-state index in [0.717, 1.165) is 37.4 Å². The molecule has 6 nitrogen and oxygen atoms in total. The highest BCUT2D eigenvalue weighted by Gasteiger charge is 2.21. The van der Waals surface area contributed by atoms with Gasteiger partial charge in [-0.05, 0) is 44.4 Å². The number of oxazole rings is 1. The molecule has 0 spiro atoms. The minimum atomic E-state index is 0.610. The normalized spacial score (nSPS) is 18.5. The predicted octanol–water partition coefficient (Wildman–Crippen LogP) is 3.15. The van der Waals surface area contributed by atoms with Crippen molar-refractivity contribution in [3.05, 3.63) is 54.4 Å². The summed E-state index contributed by atoms with van der Waals surface area (Å²) in [7, 11) is 0. The SMILES string of the molecule is Cc1ccc(-c2nc(CN3CCC[C@H](Cn4cncn4)C3)co2)cc1. The van der Waals surface area contributed by atoms with Gasteiger partial charge in [0.1, 0.15) is 18.9 Å². The Labute approximate surface area is 147 Å². The van der Waals surface area contributed by atoms with Gasteiger partial charge in [-0.3, -0.25) is 9.58 Å². The van der Waals surface area contributed by atoms with Gasteiger partial charge in [-0.2, -0.15) is 5.10 Å². The molecule has 130 valence electrons. The Morgan fingerprint density at radius 1 is 1.24 bits per heavy atom. The van der Waals surface area contributed by atoms with Crippen molar-refractivity contribution in [2.24, 2.45) is 5.92 Å². The highest BCUT2D eigenvalue weighted by atomic mass is 16.3. The quantitative estimate of drug-likeness (QED) is 0.716. The van der Waals surface area contributed by atoms with Crippen LogP contribution >= 0.6 is 0 Å². The molecule has 0 amide bonds. The first-order chi connectivity index (χ1) is 12.3. The van der Waals surface area contributed by atoms with Gasteiger partial charge in [-0.25, -0.2) is 9.97 Å². The Hall–Kier alpha value is -2.47. The van der Waals surface area contributed by atoms with E-state index in [1.54, 1.807) is 18.9 Å². The summed E-state index contributed by atoms with van der Waals surface area (Å²) in [4.78, 5) is 11.2. The highest BCUT2D eigenvalue weighted by molar-refractivity contribution is 5.53. The third kappa shape index (κ3) is 3.96. The molecule has 1 aromatic carbocycles. The number of hydrogen-bond donors (Lipinski definition) is 0. The van der Waals surface area contributed by atoms with Crippen molar-refractivity contribution < 1.29 is 4.42 Å². The van der Waals surface area contributed by atoms with E-state index in [1.807, 2.05) is 4.68 Å². The molecule has 1 atom stereocenters. The molecule has 0 aliphatic carbocycles. The van der Waals surface area contributed by atoms with E-state index in [9.17, 15) is 0 Å². The average Bonchev–Trinajstić information content (AvgIpc) is 3.28. The number of benzene rings is 1. The smallest absolute Gasteiger partial charge is 0.226 e. The van der Waals surface area contributed by atoms with Crippen molar-refractivity contribution >= 4 is 0 Å². The van der Waals surface area contributed by atoms with Crippen LogP contribution in [0.4, 0.5) is 0 Å². The van der Waals surface area contributed by atoms with Crippen LogP contribution in [0.1, 0.15) is 24.1 Å². The van der Waals surface area contributed by atoms with Gasteiger partial charge in [-0.1, -0.05) is 17.7 Å². The number of aryl methyl sites for hydroxylation is 1. The lowest BCUT2D eigenvalue weighted by Crippen LogP contribution is -2.36. The zero-order valence-corrected chi connectivity index (χ0v) is 14.5. The molecule has 1 fully saturated rings. The molecule has 3 heterocycles. The van der Waals surface area contributed by atoms with E-state index in [-0.39, 0.29) is 0 Å². The topological polar surface area (TPSA) is 60.0 Å². The van der Waals surface area contributed by atoms with Crippen LogP contribution in [0, 0.1) is 12.8 Å². The summed E-state index contributed by atoms with van der Waals surface area (Å²) in [6.07, 6.45) is 7.63. The van der Waals surface area contributed by atoms with Gasteiger partial charge in [0.2, 0.25) is 5.89 Å². The second-order valence-electron chi connectivity index (χ2n) is 6.87. The molecule has 0 bridgehead atoms. The van der Waals surface area contributed by atoms with Gasteiger partial charge < -0.3 is 4.42 Å². The van der Waals surface area contributed by atoms with E-state index < -0.39 is 0 Å². The molecule has 1 aliphatic heterocycles. The second-order valence-corrected chi connectivity index (χ2v) is 6.87. The van der Waals surface area contributed by atoms with Crippen LogP contribution in [-0.4, -0.2) is 37.7 Å². The molecular weight excluding hydrogens is 314 g/mol. The molecule has 1 saturated heterocycles. The first-order valence-electron chi connectivity index (χ1n) is 8.82. The van der Waals surface area contributed by atoms with E-state index in [1.165, 1.54) is 18.4 Å². The Morgan fingerprint density at radius 3 is 2.92 bits per heavy atom. The van der Waals surface area contributed by atoms with Crippen LogP contribution in [0.5, 0.6) is 0 Å². The number of rotatable bonds is 5. The second kappa shape index (κ2) is 7.19. The standard InChI is InChI=1S/C19H23N5O/c1-15-4-6-17(7-5-15)19-22-18(12-25-19)11-23-8-2-3-16(9-23)10-24-14-20-13-21-24/h4-7,12-14,16H,2-3,8-11H2,1H3/t16-/m0/s1. The number of piperidine rings is 1. The summed E-state index contributed by atoms with van der Waals surface area (Å²) in [6, 6.07) is 8.27. The van der Waals surface area contributed by atoms with E-state index in [0.29, 0.717) is 11.8 Å². The lowest BCUT2D eigenvalue weighted by molar-refractivity contribution is 0.151. The average molecular weight is 337 g/mol. The lowest BCUT2D eigenvalue weighted by atomic mass is 9.98. The fraction of sp³-hybridized carbons (Fsp3) is 0.421. The van der Waals surface area contributed by atoms with Crippen LogP contribution in [-0.2, 0) is 13.1 Å². The van der Waals surface area contributed by atoms with Gasteiger partial charge in [0.15, 0.2) is 0 Å². The van der Waals surface area contributed by atoms with E-state index in [4.69, 9.17) is 4.42 Å². The van der Waals surface area contributed by atoms with Gasteiger partial charge >= 0.3 is 0 Å². The maximum absolute atomic E-state index is 5.68. The van der Waals surface area contributed by atoms with Crippen LogP contribution in [0.2, 0.25) is 0 Å². The third-order valence-electron chi connectivity index (χ3n) is 4.75. The number of likely N-dealkylation sites (tertiary alicyclic amines) is 1. The predicted molar refractivity (Wildman–Crippen MR) is 94.7 cm³/mol. The summed E-state index contributed by atoms with van der Waals surface area (Å²) < 4.78 is 7.61. The Balaban J connectivity index is 1.37. The van der Waals surface area contributed by atoms with E-state index in [2.05, 4.69) is 51.2 Å². The molecular formula is C19H23N5O. The summed E-state index contributed by atoms with van der Waals surface area (Å²) in [6.45, 7) is 6.02. The summed E-state index contributed by atoms with van der Waals surface area (Å²) >= 11 is 0. The van der Waals surface area contributed by atoms with Crippen molar-refractivity contribution in [3.63, 3.8) is 0 Å². The van der Waals surface area contributed by atoms with Gasteiger partial charge in [-0.15, -0.1) is 0 Å². The maximum atomic E-state index is 5.68. The number of hydrogen-bond acceptors (Lipinski definition) is 5. The molecule has 4 rings (SSSR count). The fourth-order valence-corrected chi connectivity index (χ4v) is 3.47. The lowest BCUT2D eigenvalue weighted by Gasteiger charge is -2.31. The summed E-state index contributed by atoms with van der Waals surface area (Å²) in [5, 5.41) is 4.22. The fourth-order valence-electron chi connectivity index (χ4n) is 3.47. The number of aromatic nitrogens is 4. The van der Waals surface area contributed by atoms with Gasteiger partial charge in [0.05, 0.1) is 5.69 Å². The van der Waals surface area contributed by atoms with Crippen molar-refractivity contribution in [2.45, 2.75) is 32.9 Å². The van der Waals surface area contributed by atoms with Crippen LogP contribution in [0.15, 0.2) is 47.6 Å². The molecule has 25 heavy (non-hydrogen) atoms. The minimum Gasteiger partial charge on any atom is -0.444 e. The zero-order valence-electron chi connectivity index (χ0n) is 14.5. The zero-order chi connectivity index (χ0) is 17.1. The maximum Gasteiger partial charge on any atom is 0.226 e. The van der Waals surface area contributed by atoms with Crippen molar-refractivity contribution in [2.75, 3.05) is 13.1 Å².